The minimum absolute atomic E-state index is 0.0610. The van der Waals surface area contributed by atoms with Gasteiger partial charge in [-0.2, -0.15) is 0 Å². The number of aliphatic hydroxyl groups is 3. The summed E-state index contributed by atoms with van der Waals surface area (Å²) in [7, 11) is 2.11. The summed E-state index contributed by atoms with van der Waals surface area (Å²) in [5.41, 5.74) is 1.69. The Morgan fingerprint density at radius 2 is 1.97 bits per heavy atom. The summed E-state index contributed by atoms with van der Waals surface area (Å²) in [5.74, 6) is -0.824. The monoisotopic (exact) mass is 461 g/mol. The number of likely N-dealkylation sites (N-methyl/N-ethyl adjacent to an activating group) is 1. The maximum atomic E-state index is 11.5. The van der Waals surface area contributed by atoms with Gasteiger partial charge in [0.1, 0.15) is 30.5 Å². The van der Waals surface area contributed by atoms with Gasteiger partial charge in [0, 0.05) is 22.9 Å². The van der Waals surface area contributed by atoms with E-state index < -0.39 is 54.3 Å². The number of piperidine rings is 1. The average Bonchev–Trinajstić information content (AvgIpc) is 3.14. The average molecular weight is 461 g/mol. The summed E-state index contributed by atoms with van der Waals surface area (Å²) >= 11 is 0. The highest BCUT2D eigenvalue weighted by Gasteiger charge is 2.65. The fraction of sp³-hybridized carbons (Fsp3) is 0.609. The molecule has 5 N–H and O–H groups in total. The fourth-order valence-corrected chi connectivity index (χ4v) is 6.66. The SMILES string of the molecule is CN1CC[C@]23c4c5ccc(O)c4O[C@H]2[C@@H](O[C@@H]2O[C@H](C(=O)O)[C@@H](O)[C@H](O)[C@H]2O)C=C[C@H]3[C@@H]1C5. The van der Waals surface area contributed by atoms with E-state index in [4.69, 9.17) is 14.2 Å². The molecule has 10 nitrogen and oxygen atoms in total. The smallest absolute Gasteiger partial charge is 0.335 e. The highest BCUT2D eigenvalue weighted by molar-refractivity contribution is 5.73. The highest BCUT2D eigenvalue weighted by atomic mass is 16.7. The third-order valence-electron chi connectivity index (χ3n) is 8.23. The van der Waals surface area contributed by atoms with Crippen LogP contribution in [0.1, 0.15) is 17.5 Å². The molecule has 0 amide bonds. The molecule has 1 aromatic rings. The van der Waals surface area contributed by atoms with E-state index in [1.54, 1.807) is 6.07 Å². The molecule has 33 heavy (non-hydrogen) atoms. The summed E-state index contributed by atoms with van der Waals surface area (Å²) in [5, 5.41) is 50.5. The topological polar surface area (TPSA) is 149 Å². The lowest BCUT2D eigenvalue weighted by Gasteiger charge is -2.57. The number of carbonyl (C=O) groups is 1. The van der Waals surface area contributed by atoms with Crippen LogP contribution in [0.25, 0.3) is 0 Å². The van der Waals surface area contributed by atoms with Gasteiger partial charge in [-0.05, 0) is 38.1 Å². The molecule has 0 radical (unpaired) electrons. The van der Waals surface area contributed by atoms with Crippen molar-refractivity contribution in [2.75, 3.05) is 13.6 Å². The molecule has 0 saturated carbocycles. The maximum Gasteiger partial charge on any atom is 0.335 e. The Morgan fingerprint density at radius 1 is 1.18 bits per heavy atom. The number of nitrogens with zero attached hydrogens (tertiary/aromatic N) is 1. The largest absolute Gasteiger partial charge is 0.504 e. The van der Waals surface area contributed by atoms with Crippen LogP contribution in [0.5, 0.6) is 11.5 Å². The van der Waals surface area contributed by atoms with Gasteiger partial charge in [-0.3, -0.25) is 0 Å². The van der Waals surface area contributed by atoms with E-state index in [2.05, 4.69) is 18.0 Å². The third-order valence-corrected chi connectivity index (χ3v) is 8.23. The predicted octanol–water partition coefficient (Wildman–Crippen LogP) is -0.885. The third kappa shape index (κ3) is 2.73. The van der Waals surface area contributed by atoms with Crippen molar-refractivity contribution in [2.45, 2.75) is 67.2 Å². The van der Waals surface area contributed by atoms with Gasteiger partial charge in [0.15, 0.2) is 23.9 Å². The number of ether oxygens (including phenoxy) is 3. The van der Waals surface area contributed by atoms with Crippen molar-refractivity contribution in [3.63, 3.8) is 0 Å². The molecule has 2 bridgehead atoms. The number of phenols is 1. The zero-order valence-electron chi connectivity index (χ0n) is 17.9. The number of aromatic hydroxyl groups is 1. The minimum atomic E-state index is -1.79. The van der Waals surface area contributed by atoms with Crippen molar-refractivity contribution < 1.29 is 44.5 Å². The predicted molar refractivity (Wildman–Crippen MR) is 111 cm³/mol. The number of aliphatic hydroxyl groups excluding tert-OH is 3. The van der Waals surface area contributed by atoms with E-state index in [1.807, 2.05) is 12.1 Å². The number of rotatable bonds is 3. The summed E-state index contributed by atoms with van der Waals surface area (Å²) in [6.07, 6.45) is -4.16. The van der Waals surface area contributed by atoms with Crippen LogP contribution in [0.15, 0.2) is 24.3 Å². The van der Waals surface area contributed by atoms with Gasteiger partial charge >= 0.3 is 5.97 Å². The van der Waals surface area contributed by atoms with Crippen molar-refractivity contribution in [2.24, 2.45) is 5.92 Å². The molecule has 2 fully saturated rings. The van der Waals surface area contributed by atoms with Gasteiger partial charge in [-0.15, -0.1) is 0 Å². The molecule has 6 rings (SSSR count). The first-order valence-corrected chi connectivity index (χ1v) is 11.2. The number of benzene rings is 1. The Morgan fingerprint density at radius 3 is 2.73 bits per heavy atom. The fourth-order valence-electron chi connectivity index (χ4n) is 6.66. The normalized spacial score (nSPS) is 45.4. The molecular weight excluding hydrogens is 434 g/mol. The molecule has 5 aliphatic rings. The molecule has 10 atom stereocenters. The van der Waals surface area contributed by atoms with Crippen LogP contribution in [0, 0.1) is 5.92 Å². The Bertz CT molecular complexity index is 1030. The zero-order valence-corrected chi connectivity index (χ0v) is 17.9. The Labute approximate surface area is 189 Å². The highest BCUT2D eigenvalue weighted by Crippen LogP contribution is 2.62. The van der Waals surface area contributed by atoms with Gasteiger partial charge < -0.3 is 44.6 Å². The van der Waals surface area contributed by atoms with E-state index in [1.165, 1.54) is 0 Å². The summed E-state index contributed by atoms with van der Waals surface area (Å²) in [6.45, 7) is 0.838. The van der Waals surface area contributed by atoms with E-state index in [0.717, 1.165) is 30.5 Å². The first-order chi connectivity index (χ1) is 15.7. The van der Waals surface area contributed by atoms with Crippen LogP contribution in [0.2, 0.25) is 0 Å². The summed E-state index contributed by atoms with van der Waals surface area (Å²) < 4.78 is 17.7. The lowest BCUT2D eigenvalue weighted by Crippen LogP contribution is -2.66. The van der Waals surface area contributed by atoms with Crippen LogP contribution in [0.3, 0.4) is 0 Å². The van der Waals surface area contributed by atoms with Crippen molar-refractivity contribution in [1.82, 2.24) is 4.90 Å². The molecule has 1 aromatic carbocycles. The van der Waals surface area contributed by atoms with Crippen LogP contribution < -0.4 is 4.74 Å². The Hall–Kier alpha value is -2.21. The molecule has 3 aliphatic heterocycles. The molecule has 10 heteroatoms. The maximum absolute atomic E-state index is 11.5. The van der Waals surface area contributed by atoms with Crippen molar-refractivity contribution >= 4 is 5.97 Å². The van der Waals surface area contributed by atoms with Crippen molar-refractivity contribution in [1.29, 1.82) is 0 Å². The van der Waals surface area contributed by atoms with Crippen molar-refractivity contribution in [3.05, 3.63) is 35.4 Å². The second kappa shape index (κ2) is 7.14. The lowest BCUT2D eigenvalue weighted by molar-refractivity contribution is -0.307. The van der Waals surface area contributed by atoms with Crippen LogP contribution in [0.4, 0.5) is 0 Å². The number of hydrogen-bond acceptors (Lipinski definition) is 9. The molecule has 178 valence electrons. The molecule has 2 saturated heterocycles. The molecule has 2 aliphatic carbocycles. The molecule has 0 unspecified atom stereocenters. The standard InChI is InChI=1S/C23H27NO9/c1-24-7-6-23-10-3-5-13(31-22-17(28)15(26)16(27)19(33-22)21(29)30)20(23)32-18-12(25)4-2-9(14(18)23)8-11(10)24/h2-5,10-11,13,15-17,19-20,22,25-28H,6-8H2,1H3,(H,29,30)/t10-,11-,13-,15-,16-,17+,19-,20-,22+,23-/m0/s1. The number of carboxylic acid groups (broad SMARTS) is 1. The molecular formula is C23H27NO9. The second-order valence-electron chi connectivity index (χ2n) is 9.78. The summed E-state index contributed by atoms with van der Waals surface area (Å²) in [4.78, 5) is 13.8. The van der Waals surface area contributed by atoms with Gasteiger partial charge in [0.2, 0.25) is 0 Å². The number of hydrogen-bond donors (Lipinski definition) is 5. The minimum Gasteiger partial charge on any atom is -0.504 e. The molecule has 0 aromatic heterocycles. The Balaban J connectivity index is 1.38. The molecule has 1 spiro atoms. The number of phenolic OH excluding ortho intramolecular Hbond substituents is 1. The Kier molecular flexibility index (Phi) is 4.62. The van der Waals surface area contributed by atoms with Gasteiger partial charge in [0.25, 0.3) is 0 Å². The summed E-state index contributed by atoms with van der Waals surface area (Å²) in [6, 6.07) is 3.85. The second-order valence-corrected chi connectivity index (χ2v) is 9.78. The van der Waals surface area contributed by atoms with Crippen LogP contribution >= 0.6 is 0 Å². The van der Waals surface area contributed by atoms with E-state index >= 15 is 0 Å². The van der Waals surface area contributed by atoms with Crippen LogP contribution in [-0.2, 0) is 26.1 Å². The van der Waals surface area contributed by atoms with E-state index in [9.17, 15) is 30.3 Å². The van der Waals surface area contributed by atoms with E-state index in [0.29, 0.717) is 5.75 Å². The first-order valence-electron chi connectivity index (χ1n) is 11.2. The number of aliphatic carboxylic acids is 1. The zero-order chi connectivity index (χ0) is 23.2. The van der Waals surface area contributed by atoms with Gasteiger partial charge in [0.05, 0.1) is 0 Å². The van der Waals surface area contributed by atoms with Crippen LogP contribution in [-0.4, -0.2) is 98.9 Å². The number of carboxylic acids is 1. The lowest BCUT2D eigenvalue weighted by atomic mass is 9.53. The van der Waals surface area contributed by atoms with Gasteiger partial charge in [-0.25, -0.2) is 4.79 Å². The number of likely N-dealkylation sites (tertiary alicyclic amines) is 1. The molecule has 3 heterocycles. The van der Waals surface area contributed by atoms with Gasteiger partial charge in [-0.1, -0.05) is 18.2 Å². The van der Waals surface area contributed by atoms with Crippen molar-refractivity contribution in [3.8, 4) is 11.5 Å². The first kappa shape index (κ1) is 21.3. The van der Waals surface area contributed by atoms with E-state index in [-0.39, 0.29) is 17.7 Å². The quantitative estimate of drug-likeness (QED) is 0.359.